The zero-order valence-corrected chi connectivity index (χ0v) is 14.0. The number of nitrogens with one attached hydrogen (secondary N) is 1. The van der Waals surface area contributed by atoms with E-state index in [9.17, 15) is 14.7 Å². The van der Waals surface area contributed by atoms with E-state index in [1.54, 1.807) is 20.2 Å². The van der Waals surface area contributed by atoms with Crippen molar-refractivity contribution in [2.45, 2.75) is 37.6 Å². The molecule has 128 valence electrons. The first-order valence-electron chi connectivity index (χ1n) is 8.16. The van der Waals surface area contributed by atoms with Crippen LogP contribution in [0.4, 0.5) is 0 Å². The van der Waals surface area contributed by atoms with E-state index >= 15 is 0 Å². The van der Waals surface area contributed by atoms with Crippen molar-refractivity contribution in [2.75, 3.05) is 14.2 Å². The lowest BCUT2D eigenvalue weighted by Crippen LogP contribution is -2.56. The normalized spacial score (nSPS) is 16.8. The molecule has 1 heterocycles. The molecule has 1 amide bonds. The Balaban J connectivity index is 1.93. The van der Waals surface area contributed by atoms with Crippen molar-refractivity contribution >= 4 is 22.8 Å². The van der Waals surface area contributed by atoms with Crippen LogP contribution in [0.3, 0.4) is 0 Å². The molecule has 0 unspecified atom stereocenters. The Hall–Kier alpha value is -2.50. The summed E-state index contributed by atoms with van der Waals surface area (Å²) in [5, 5.41) is 10.6. The van der Waals surface area contributed by atoms with Gasteiger partial charge >= 0.3 is 5.97 Å². The predicted molar refractivity (Wildman–Crippen MR) is 90.4 cm³/mol. The van der Waals surface area contributed by atoms with Gasteiger partial charge in [-0.2, -0.15) is 0 Å². The van der Waals surface area contributed by atoms with Crippen molar-refractivity contribution in [1.82, 2.24) is 9.88 Å². The van der Waals surface area contributed by atoms with Crippen LogP contribution in [0.25, 0.3) is 10.9 Å². The van der Waals surface area contributed by atoms with E-state index in [4.69, 9.17) is 4.74 Å². The van der Waals surface area contributed by atoms with Crippen molar-refractivity contribution in [3.63, 3.8) is 0 Å². The number of hydrogen-bond acceptors (Lipinski definition) is 3. The largest absolute Gasteiger partial charge is 0.497 e. The number of nitrogens with zero attached hydrogens (tertiary/aromatic N) is 1. The van der Waals surface area contributed by atoms with Crippen molar-refractivity contribution in [1.29, 1.82) is 0 Å². The molecule has 0 saturated heterocycles. The number of ether oxygens (including phenoxy) is 1. The minimum Gasteiger partial charge on any atom is -0.497 e. The maximum Gasteiger partial charge on any atom is 0.329 e. The van der Waals surface area contributed by atoms with Crippen molar-refractivity contribution in [3.8, 4) is 5.75 Å². The molecular weight excluding hydrogens is 308 g/mol. The van der Waals surface area contributed by atoms with Gasteiger partial charge in [-0.1, -0.05) is 19.3 Å². The number of aromatic amines is 1. The minimum absolute atomic E-state index is 0.297. The highest BCUT2D eigenvalue weighted by atomic mass is 16.5. The standard InChI is InChI=1S/C18H22N2O4/c1-20(18(17(22)23)8-4-3-5-9-18)16(21)15-11-12-10-13(24-2)6-7-14(12)19-15/h6-7,10-11,19H,3-5,8-9H2,1-2H3,(H,22,23). The fourth-order valence-electron chi connectivity index (χ4n) is 3.56. The van der Waals surface area contributed by atoms with Gasteiger partial charge in [-0.25, -0.2) is 4.79 Å². The van der Waals surface area contributed by atoms with Gasteiger partial charge in [-0.3, -0.25) is 4.79 Å². The van der Waals surface area contributed by atoms with Gasteiger partial charge < -0.3 is 19.7 Å². The molecule has 24 heavy (non-hydrogen) atoms. The second-order valence-electron chi connectivity index (χ2n) is 6.40. The van der Waals surface area contributed by atoms with Gasteiger partial charge in [0.05, 0.1) is 7.11 Å². The zero-order valence-electron chi connectivity index (χ0n) is 14.0. The van der Waals surface area contributed by atoms with Crippen LogP contribution in [0.2, 0.25) is 0 Å². The number of rotatable bonds is 4. The van der Waals surface area contributed by atoms with Gasteiger partial charge in [0.2, 0.25) is 0 Å². The monoisotopic (exact) mass is 330 g/mol. The third-order valence-corrected chi connectivity index (χ3v) is 5.08. The topological polar surface area (TPSA) is 82.6 Å². The highest BCUT2D eigenvalue weighted by Gasteiger charge is 2.45. The summed E-state index contributed by atoms with van der Waals surface area (Å²) < 4.78 is 5.20. The number of fused-ring (bicyclic) bond motifs is 1. The molecule has 0 aliphatic heterocycles. The molecule has 0 radical (unpaired) electrons. The molecule has 2 N–H and O–H groups in total. The number of benzene rings is 1. The van der Waals surface area contributed by atoms with Crippen LogP contribution in [0.5, 0.6) is 5.75 Å². The number of carbonyl (C=O) groups is 2. The third kappa shape index (κ3) is 2.62. The van der Waals surface area contributed by atoms with E-state index in [-0.39, 0.29) is 5.91 Å². The number of amides is 1. The lowest BCUT2D eigenvalue weighted by atomic mass is 9.80. The Morgan fingerprint density at radius 1 is 1.21 bits per heavy atom. The van der Waals surface area contributed by atoms with E-state index in [1.807, 2.05) is 18.2 Å². The number of aliphatic carboxylic acids is 1. The average Bonchev–Trinajstić information content (AvgIpc) is 3.03. The second-order valence-corrected chi connectivity index (χ2v) is 6.40. The quantitative estimate of drug-likeness (QED) is 0.902. The maximum absolute atomic E-state index is 12.9. The fourth-order valence-corrected chi connectivity index (χ4v) is 3.56. The summed E-state index contributed by atoms with van der Waals surface area (Å²) in [6, 6.07) is 7.25. The maximum atomic E-state index is 12.9. The summed E-state index contributed by atoms with van der Waals surface area (Å²) in [5.41, 5.74) is 0.108. The molecule has 0 bridgehead atoms. The number of aromatic nitrogens is 1. The van der Waals surface area contributed by atoms with Gasteiger partial charge in [-0.05, 0) is 37.1 Å². The first-order valence-corrected chi connectivity index (χ1v) is 8.16. The average molecular weight is 330 g/mol. The van der Waals surface area contributed by atoms with Gasteiger partial charge in [-0.15, -0.1) is 0 Å². The van der Waals surface area contributed by atoms with Crippen LogP contribution in [0.15, 0.2) is 24.3 Å². The Morgan fingerprint density at radius 3 is 2.54 bits per heavy atom. The van der Waals surface area contributed by atoms with E-state index in [2.05, 4.69) is 4.98 Å². The highest BCUT2D eigenvalue weighted by Crippen LogP contribution is 2.34. The van der Waals surface area contributed by atoms with Crippen LogP contribution >= 0.6 is 0 Å². The van der Waals surface area contributed by atoms with E-state index in [1.165, 1.54) is 4.90 Å². The first kappa shape index (κ1) is 16.4. The summed E-state index contributed by atoms with van der Waals surface area (Å²) >= 11 is 0. The third-order valence-electron chi connectivity index (χ3n) is 5.08. The summed E-state index contributed by atoms with van der Waals surface area (Å²) in [5.74, 6) is -0.506. The smallest absolute Gasteiger partial charge is 0.329 e. The molecule has 3 rings (SSSR count). The van der Waals surface area contributed by atoms with Gasteiger partial charge in [0.25, 0.3) is 5.91 Å². The number of carboxylic acids is 1. The molecule has 0 spiro atoms. The molecule has 6 heteroatoms. The molecule has 2 aromatic rings. The Bertz CT molecular complexity index is 774. The van der Waals surface area contributed by atoms with E-state index in [0.717, 1.165) is 30.2 Å². The van der Waals surface area contributed by atoms with Gasteiger partial charge in [0, 0.05) is 18.0 Å². The number of methoxy groups -OCH3 is 1. The summed E-state index contributed by atoms with van der Waals surface area (Å²) in [6.07, 6.45) is 3.67. The number of H-pyrrole nitrogens is 1. The fraction of sp³-hybridized carbons (Fsp3) is 0.444. The summed E-state index contributed by atoms with van der Waals surface area (Å²) in [4.78, 5) is 29.2. The lowest BCUT2D eigenvalue weighted by molar-refractivity contribution is -0.151. The van der Waals surface area contributed by atoms with Gasteiger partial charge in [0.15, 0.2) is 0 Å². The number of likely N-dealkylation sites (N-methyl/N-ethyl adjacent to an activating group) is 1. The van der Waals surface area contributed by atoms with Crippen molar-refractivity contribution in [3.05, 3.63) is 30.0 Å². The van der Waals surface area contributed by atoms with E-state index < -0.39 is 11.5 Å². The summed E-state index contributed by atoms with van der Waals surface area (Å²) in [6.45, 7) is 0. The Labute approximate surface area is 140 Å². The van der Waals surface area contributed by atoms with Crippen LogP contribution in [-0.4, -0.2) is 46.6 Å². The highest BCUT2D eigenvalue weighted by molar-refractivity contribution is 6.00. The number of carbonyl (C=O) groups excluding carboxylic acids is 1. The van der Waals surface area contributed by atoms with Gasteiger partial charge in [0.1, 0.15) is 17.0 Å². The SMILES string of the molecule is COc1ccc2[nH]c(C(=O)N(C)C3(C(=O)O)CCCCC3)cc2c1. The minimum atomic E-state index is -1.11. The molecule has 1 aliphatic carbocycles. The molecule has 1 aromatic heterocycles. The Kier molecular flexibility index (Phi) is 4.22. The first-order chi connectivity index (χ1) is 11.5. The molecule has 1 aromatic carbocycles. The summed E-state index contributed by atoms with van der Waals surface area (Å²) in [7, 11) is 3.18. The van der Waals surface area contributed by atoms with Crippen molar-refractivity contribution in [2.24, 2.45) is 0 Å². The van der Waals surface area contributed by atoms with Crippen LogP contribution in [0, 0.1) is 0 Å². The van der Waals surface area contributed by atoms with E-state index in [0.29, 0.717) is 24.3 Å². The molecule has 0 atom stereocenters. The Morgan fingerprint density at radius 2 is 1.92 bits per heavy atom. The van der Waals surface area contributed by atoms with Crippen LogP contribution < -0.4 is 4.74 Å². The molecule has 1 aliphatic rings. The van der Waals surface area contributed by atoms with Crippen molar-refractivity contribution < 1.29 is 19.4 Å². The molecule has 1 fully saturated rings. The number of hydrogen-bond donors (Lipinski definition) is 2. The zero-order chi connectivity index (χ0) is 17.3. The van der Waals surface area contributed by atoms with Crippen LogP contribution in [0.1, 0.15) is 42.6 Å². The molecular formula is C18H22N2O4. The molecule has 6 nitrogen and oxygen atoms in total. The lowest BCUT2D eigenvalue weighted by Gasteiger charge is -2.40. The number of carboxylic acid groups (broad SMARTS) is 1. The predicted octanol–water partition coefficient (Wildman–Crippen LogP) is 3.04. The molecule has 1 saturated carbocycles. The van der Waals surface area contributed by atoms with Crippen LogP contribution in [-0.2, 0) is 4.79 Å². The second kappa shape index (κ2) is 6.19.